The number of alkyl halides is 6. The Morgan fingerprint density at radius 3 is 2.20 bits per heavy atom. The molecule has 0 aliphatic carbocycles. The predicted octanol–water partition coefficient (Wildman–Crippen LogP) is 4.15. The second-order valence-corrected chi connectivity index (χ2v) is 5.06. The lowest BCUT2D eigenvalue weighted by atomic mass is 9.97. The quantitative estimate of drug-likeness (QED) is 0.493. The van der Waals surface area contributed by atoms with E-state index < -0.39 is 51.6 Å². The number of halogens is 6. The molecule has 0 radical (unpaired) electrons. The van der Waals surface area contributed by atoms with Crippen LogP contribution >= 0.6 is 0 Å². The van der Waals surface area contributed by atoms with E-state index in [0.29, 0.717) is 0 Å². The number of hydrogen-bond donors (Lipinski definition) is 1. The van der Waals surface area contributed by atoms with Crippen molar-refractivity contribution in [3.8, 4) is 0 Å². The number of carboxylic acid groups (broad SMARTS) is 1. The van der Waals surface area contributed by atoms with Crippen LogP contribution in [-0.4, -0.2) is 17.3 Å². The molecular weight excluding hydrogens is 358 g/mol. The molecule has 2 aromatic rings. The van der Waals surface area contributed by atoms with Crippen LogP contribution < -0.4 is 5.63 Å². The summed E-state index contributed by atoms with van der Waals surface area (Å²) in [6.07, 6.45) is -10.4. The fourth-order valence-electron chi connectivity index (χ4n) is 2.28. The fraction of sp³-hybridized carbons (Fsp3) is 0.200. The average Bonchev–Trinajstić information content (AvgIpc) is 2.41. The lowest BCUT2D eigenvalue weighted by molar-refractivity contribution is -0.136. The van der Waals surface area contributed by atoms with Gasteiger partial charge in [-0.2, -0.15) is 26.3 Å². The summed E-state index contributed by atoms with van der Waals surface area (Å²) in [7, 11) is 0. The van der Waals surface area contributed by atoms with Crippen molar-refractivity contribution in [3.05, 3.63) is 51.4 Å². The molecule has 0 unspecified atom stereocenters. The van der Waals surface area contributed by atoms with Gasteiger partial charge in [0.15, 0.2) is 0 Å². The fourth-order valence-corrected chi connectivity index (χ4v) is 2.28. The second kappa shape index (κ2) is 5.94. The molecule has 134 valence electrons. The van der Waals surface area contributed by atoms with Gasteiger partial charge in [-0.05, 0) is 24.6 Å². The molecule has 10 heteroatoms. The highest BCUT2D eigenvalue weighted by Gasteiger charge is 2.39. The van der Waals surface area contributed by atoms with Gasteiger partial charge in [-0.1, -0.05) is 0 Å². The summed E-state index contributed by atoms with van der Waals surface area (Å²) in [5.41, 5.74) is -6.69. The molecule has 0 atom stereocenters. The third kappa shape index (κ3) is 3.83. The van der Waals surface area contributed by atoms with E-state index in [1.54, 1.807) is 0 Å². The van der Waals surface area contributed by atoms with Crippen LogP contribution in [0.3, 0.4) is 0 Å². The highest BCUT2D eigenvalue weighted by atomic mass is 19.4. The van der Waals surface area contributed by atoms with Crippen LogP contribution in [0.15, 0.2) is 33.5 Å². The zero-order valence-electron chi connectivity index (χ0n) is 12.2. The van der Waals surface area contributed by atoms with Gasteiger partial charge in [-0.3, -0.25) is 0 Å². The number of carbonyl (C=O) groups is 1. The summed E-state index contributed by atoms with van der Waals surface area (Å²) < 4.78 is 83.4. The lowest BCUT2D eigenvalue weighted by Gasteiger charge is -2.16. The molecule has 0 amide bonds. The number of benzene rings is 1. The van der Waals surface area contributed by atoms with Gasteiger partial charge in [-0.15, -0.1) is 0 Å². The Balaban J connectivity index is 3.02. The normalized spacial score (nSPS) is 13.3. The molecule has 4 nitrogen and oxygen atoms in total. The van der Waals surface area contributed by atoms with Gasteiger partial charge < -0.3 is 9.52 Å². The van der Waals surface area contributed by atoms with E-state index in [4.69, 9.17) is 5.11 Å². The molecule has 0 spiro atoms. The highest BCUT2D eigenvalue weighted by molar-refractivity contribution is 5.98. The third-order valence-electron chi connectivity index (χ3n) is 3.16. The minimum absolute atomic E-state index is 0.0117. The number of rotatable bonds is 2. The first-order valence-corrected chi connectivity index (χ1v) is 6.48. The van der Waals surface area contributed by atoms with Crippen LogP contribution in [0.4, 0.5) is 26.3 Å². The van der Waals surface area contributed by atoms with Gasteiger partial charge >= 0.3 is 23.9 Å². The first kappa shape index (κ1) is 18.6. The molecule has 25 heavy (non-hydrogen) atoms. The van der Waals surface area contributed by atoms with Gasteiger partial charge in [0.2, 0.25) is 0 Å². The minimum atomic E-state index is -5.20. The average molecular weight is 366 g/mol. The van der Waals surface area contributed by atoms with Crippen molar-refractivity contribution in [1.29, 1.82) is 0 Å². The number of allylic oxidation sites excluding steroid dienone is 1. The topological polar surface area (TPSA) is 67.5 Å². The molecule has 0 bridgehead atoms. The summed E-state index contributed by atoms with van der Waals surface area (Å²) in [6.45, 7) is 1.23. The van der Waals surface area contributed by atoms with E-state index in [2.05, 4.69) is 4.42 Å². The maximum absolute atomic E-state index is 13.2. The Bertz CT molecular complexity index is 934. The van der Waals surface area contributed by atoms with E-state index in [0.717, 1.165) is 12.1 Å². The maximum Gasteiger partial charge on any atom is 0.417 e. The van der Waals surface area contributed by atoms with Crippen LogP contribution in [0.5, 0.6) is 0 Å². The second-order valence-electron chi connectivity index (χ2n) is 5.06. The third-order valence-corrected chi connectivity index (χ3v) is 3.16. The molecule has 1 heterocycles. The van der Waals surface area contributed by atoms with E-state index in [-0.39, 0.29) is 17.7 Å². The van der Waals surface area contributed by atoms with Gasteiger partial charge in [0.05, 0.1) is 11.1 Å². The SMILES string of the molecule is Cc1cc(C(=CC(=O)O)C(F)(F)F)c2oc(=O)cc(C(F)(F)F)c2c1. The molecule has 0 saturated heterocycles. The minimum Gasteiger partial charge on any atom is -0.478 e. The van der Waals surface area contributed by atoms with Crippen molar-refractivity contribution in [2.75, 3.05) is 0 Å². The van der Waals surface area contributed by atoms with E-state index >= 15 is 0 Å². The standard InChI is InChI=1S/C15H8F6O4/c1-6-2-7(9(4-11(22)23)14(16,17)18)13-8(3-6)10(15(19,20)21)5-12(24)25-13/h2-5H,1H3,(H,22,23). The Labute approximate surface area is 135 Å². The number of fused-ring (bicyclic) bond motifs is 1. The van der Waals surface area contributed by atoms with Crippen molar-refractivity contribution >= 4 is 22.5 Å². The first-order chi connectivity index (χ1) is 11.3. The van der Waals surface area contributed by atoms with Crippen molar-refractivity contribution in [2.45, 2.75) is 19.3 Å². The summed E-state index contributed by atoms with van der Waals surface area (Å²) in [6, 6.07) is 1.83. The van der Waals surface area contributed by atoms with E-state index in [1.807, 2.05) is 0 Å². The molecule has 0 saturated carbocycles. The smallest absolute Gasteiger partial charge is 0.417 e. The molecule has 1 aromatic carbocycles. The molecular formula is C15H8F6O4. The molecule has 0 fully saturated rings. The zero-order chi connectivity index (χ0) is 19.2. The Morgan fingerprint density at radius 1 is 1.12 bits per heavy atom. The van der Waals surface area contributed by atoms with Crippen molar-refractivity contribution in [2.24, 2.45) is 0 Å². The Morgan fingerprint density at radius 2 is 1.72 bits per heavy atom. The van der Waals surface area contributed by atoms with Crippen molar-refractivity contribution in [1.82, 2.24) is 0 Å². The number of aryl methyl sites for hydroxylation is 1. The molecule has 2 rings (SSSR count). The molecule has 1 N–H and O–H groups in total. The summed E-state index contributed by atoms with van der Waals surface area (Å²) >= 11 is 0. The lowest BCUT2D eigenvalue weighted by Crippen LogP contribution is -2.15. The van der Waals surface area contributed by atoms with Gasteiger partial charge in [-0.25, -0.2) is 9.59 Å². The van der Waals surface area contributed by atoms with Gasteiger partial charge in [0.1, 0.15) is 5.58 Å². The van der Waals surface area contributed by atoms with Crippen LogP contribution in [0.1, 0.15) is 16.7 Å². The molecule has 0 aliphatic rings. The van der Waals surface area contributed by atoms with Crippen LogP contribution in [0.25, 0.3) is 16.5 Å². The van der Waals surface area contributed by atoms with Gasteiger partial charge in [0.25, 0.3) is 0 Å². The van der Waals surface area contributed by atoms with Crippen LogP contribution in [0.2, 0.25) is 0 Å². The van der Waals surface area contributed by atoms with Crippen LogP contribution in [0, 0.1) is 6.92 Å². The monoisotopic (exact) mass is 366 g/mol. The molecule has 1 aromatic heterocycles. The summed E-state index contributed by atoms with van der Waals surface area (Å²) in [5, 5.41) is 7.86. The number of carboxylic acids is 1. The van der Waals surface area contributed by atoms with Gasteiger partial charge in [0, 0.05) is 23.1 Å². The van der Waals surface area contributed by atoms with Crippen LogP contribution in [-0.2, 0) is 11.0 Å². The summed E-state index contributed by atoms with van der Waals surface area (Å²) in [4.78, 5) is 22.1. The van der Waals surface area contributed by atoms with E-state index in [9.17, 15) is 35.9 Å². The highest BCUT2D eigenvalue weighted by Crippen LogP contribution is 2.40. The largest absolute Gasteiger partial charge is 0.478 e. The maximum atomic E-state index is 13.2. The first-order valence-electron chi connectivity index (χ1n) is 6.48. The van der Waals surface area contributed by atoms with Crippen molar-refractivity contribution < 1.29 is 40.7 Å². The Kier molecular flexibility index (Phi) is 4.41. The number of aliphatic carboxylic acids is 1. The Hall–Kier alpha value is -2.78. The van der Waals surface area contributed by atoms with E-state index in [1.165, 1.54) is 6.92 Å². The van der Waals surface area contributed by atoms with Crippen molar-refractivity contribution in [3.63, 3.8) is 0 Å². The predicted molar refractivity (Wildman–Crippen MR) is 73.9 cm³/mol. The number of hydrogen-bond acceptors (Lipinski definition) is 3. The summed E-state index contributed by atoms with van der Waals surface area (Å²) in [5.74, 6) is -1.96. The zero-order valence-corrected chi connectivity index (χ0v) is 12.2. The molecule has 0 aliphatic heterocycles.